The van der Waals surface area contributed by atoms with Crippen molar-refractivity contribution in [2.75, 3.05) is 31.1 Å². The van der Waals surface area contributed by atoms with Crippen LogP contribution < -0.4 is 9.64 Å². The van der Waals surface area contributed by atoms with Crippen LogP contribution in [0.4, 0.5) is 5.69 Å². The minimum absolute atomic E-state index is 0.0570. The fraction of sp³-hybridized carbons (Fsp3) is 0.400. The summed E-state index contributed by atoms with van der Waals surface area (Å²) < 4.78 is 6.05. The maximum atomic E-state index is 13.2. The summed E-state index contributed by atoms with van der Waals surface area (Å²) in [5, 5.41) is 2.93. The maximum Gasteiger partial charge on any atom is 0.268 e. The molecule has 0 aliphatic carbocycles. The molecule has 1 atom stereocenters. The van der Waals surface area contributed by atoms with Crippen molar-refractivity contribution in [3.63, 3.8) is 0 Å². The molecule has 1 aromatic carbocycles. The number of fused-ring (bicyclic) bond motifs is 1. The first-order valence-electron chi connectivity index (χ1n) is 11.4. The normalized spacial score (nSPS) is 19.0. The quantitative estimate of drug-likeness (QED) is 0.539. The molecule has 2 aliphatic heterocycles. The van der Waals surface area contributed by atoms with Crippen molar-refractivity contribution < 1.29 is 9.53 Å². The van der Waals surface area contributed by atoms with E-state index in [0.29, 0.717) is 13.0 Å². The molecule has 1 saturated heterocycles. The van der Waals surface area contributed by atoms with Gasteiger partial charge in [-0.2, -0.15) is 0 Å². The molecule has 2 aliphatic rings. The number of likely N-dealkylation sites (tertiary alicyclic amines) is 1. The first-order chi connectivity index (χ1) is 15.7. The van der Waals surface area contributed by atoms with Crippen molar-refractivity contribution in [2.24, 2.45) is 0 Å². The molecule has 32 heavy (non-hydrogen) atoms. The van der Waals surface area contributed by atoms with Gasteiger partial charge in [-0.1, -0.05) is 19.4 Å². The van der Waals surface area contributed by atoms with Crippen molar-refractivity contribution in [3.8, 4) is 27.7 Å². The van der Waals surface area contributed by atoms with Crippen molar-refractivity contribution >= 4 is 22.9 Å². The van der Waals surface area contributed by atoms with E-state index < -0.39 is 6.10 Å². The summed E-state index contributed by atoms with van der Waals surface area (Å²) in [6.45, 7) is 5.83. The molecule has 1 amide bonds. The molecule has 0 saturated carbocycles. The highest BCUT2D eigenvalue weighted by molar-refractivity contribution is 7.13. The molecule has 2 aromatic heterocycles. The van der Waals surface area contributed by atoms with E-state index in [9.17, 15) is 4.79 Å². The zero-order valence-electron chi connectivity index (χ0n) is 18.4. The van der Waals surface area contributed by atoms with Crippen LogP contribution in [0.15, 0.2) is 48.0 Å². The lowest BCUT2D eigenvalue weighted by atomic mass is 10.1. The molecule has 4 heterocycles. The molecule has 1 fully saturated rings. The summed E-state index contributed by atoms with van der Waals surface area (Å²) in [5.41, 5.74) is 3.59. The number of pyridine rings is 1. The third-order valence-corrected chi connectivity index (χ3v) is 7.07. The van der Waals surface area contributed by atoms with E-state index in [4.69, 9.17) is 9.72 Å². The number of hydrogen-bond acceptors (Lipinski definition) is 6. The summed E-state index contributed by atoms with van der Waals surface area (Å²) in [6, 6.07) is 11.9. The highest BCUT2D eigenvalue weighted by atomic mass is 32.1. The van der Waals surface area contributed by atoms with Crippen LogP contribution in [-0.4, -0.2) is 53.1 Å². The molecular weight excluding hydrogens is 420 g/mol. The number of hydrogen-bond donors (Lipinski definition) is 0. The molecular formula is C25H28N4O2S. The Morgan fingerprint density at radius 1 is 1.09 bits per heavy atom. The number of nitrogens with zero attached hydrogens (tertiary/aromatic N) is 4. The molecule has 6 nitrogen and oxygen atoms in total. The second-order valence-corrected chi connectivity index (χ2v) is 9.20. The third kappa shape index (κ3) is 4.27. The van der Waals surface area contributed by atoms with Crippen molar-refractivity contribution in [3.05, 3.63) is 48.0 Å². The van der Waals surface area contributed by atoms with Gasteiger partial charge in [-0.3, -0.25) is 9.78 Å². The molecule has 0 radical (unpaired) electrons. The molecule has 0 spiro atoms. The van der Waals surface area contributed by atoms with Crippen LogP contribution in [0.5, 0.6) is 5.75 Å². The van der Waals surface area contributed by atoms with Gasteiger partial charge in [0.15, 0.2) is 6.10 Å². The summed E-state index contributed by atoms with van der Waals surface area (Å²) in [7, 11) is 0. The number of thiazole rings is 1. The number of ether oxygens (including phenoxy) is 1. The highest BCUT2D eigenvalue weighted by Crippen LogP contribution is 2.39. The Bertz CT molecular complexity index is 1080. The number of piperidine rings is 1. The van der Waals surface area contributed by atoms with Gasteiger partial charge in [-0.05, 0) is 62.7 Å². The molecule has 3 aromatic rings. The van der Waals surface area contributed by atoms with Gasteiger partial charge < -0.3 is 14.5 Å². The zero-order chi connectivity index (χ0) is 21.9. The number of anilines is 1. The molecule has 5 rings (SSSR count). The molecule has 0 N–H and O–H groups in total. The molecule has 0 bridgehead atoms. The van der Waals surface area contributed by atoms with E-state index >= 15 is 0 Å². The minimum Gasteiger partial charge on any atom is -0.478 e. The maximum absolute atomic E-state index is 13.2. The van der Waals surface area contributed by atoms with Crippen LogP contribution in [0.1, 0.15) is 32.6 Å². The van der Waals surface area contributed by atoms with Crippen LogP contribution >= 0.6 is 11.3 Å². The van der Waals surface area contributed by atoms with Gasteiger partial charge in [0.25, 0.3) is 5.91 Å². The zero-order valence-corrected chi connectivity index (χ0v) is 19.2. The van der Waals surface area contributed by atoms with Crippen molar-refractivity contribution in [1.29, 1.82) is 0 Å². The van der Waals surface area contributed by atoms with E-state index in [1.54, 1.807) is 17.5 Å². The van der Waals surface area contributed by atoms with E-state index in [1.807, 2.05) is 53.6 Å². The van der Waals surface area contributed by atoms with Crippen LogP contribution in [-0.2, 0) is 4.79 Å². The molecule has 7 heteroatoms. The van der Waals surface area contributed by atoms with Crippen LogP contribution in [0.2, 0.25) is 0 Å². The fourth-order valence-corrected chi connectivity index (χ4v) is 5.21. The smallest absolute Gasteiger partial charge is 0.268 e. The lowest BCUT2D eigenvalue weighted by Crippen LogP contribution is -2.48. The van der Waals surface area contributed by atoms with Crippen molar-refractivity contribution in [2.45, 2.75) is 38.7 Å². The largest absolute Gasteiger partial charge is 0.478 e. The van der Waals surface area contributed by atoms with Crippen molar-refractivity contribution in [1.82, 2.24) is 14.9 Å². The second-order valence-electron chi connectivity index (χ2n) is 8.34. The Balaban J connectivity index is 1.43. The van der Waals surface area contributed by atoms with E-state index in [2.05, 4.69) is 9.88 Å². The van der Waals surface area contributed by atoms with Gasteiger partial charge >= 0.3 is 0 Å². The lowest BCUT2D eigenvalue weighted by molar-refractivity contribution is -0.126. The molecule has 166 valence electrons. The topological polar surface area (TPSA) is 58.6 Å². The average molecular weight is 449 g/mol. The van der Waals surface area contributed by atoms with Crippen LogP contribution in [0.3, 0.4) is 0 Å². The summed E-state index contributed by atoms with van der Waals surface area (Å²) in [4.78, 5) is 26.8. The monoisotopic (exact) mass is 448 g/mol. The van der Waals surface area contributed by atoms with E-state index in [0.717, 1.165) is 53.0 Å². The standard InChI is InChI=1S/C25H28N4O2S/c1-2-22-25(30)29(15-14-28-12-6-3-7-13-28)21-16-18(9-10-23(21)31-22)20-17-32-24(27-20)19-8-4-5-11-26-19/h4-5,8-11,16-17,22H,2-3,6-7,12-15H2,1H3. The van der Waals surface area contributed by atoms with Gasteiger partial charge in [0, 0.05) is 30.2 Å². The molecule has 1 unspecified atom stereocenters. The minimum atomic E-state index is -0.412. The Morgan fingerprint density at radius 2 is 1.97 bits per heavy atom. The number of rotatable bonds is 6. The van der Waals surface area contributed by atoms with E-state index in [-0.39, 0.29) is 5.91 Å². The first kappa shape index (κ1) is 21.1. The number of amides is 1. The average Bonchev–Trinajstić information content (AvgIpc) is 3.34. The number of benzene rings is 1. The number of aromatic nitrogens is 2. The van der Waals surface area contributed by atoms with Crippen LogP contribution in [0, 0.1) is 0 Å². The predicted molar refractivity (Wildman–Crippen MR) is 128 cm³/mol. The van der Waals surface area contributed by atoms with Gasteiger partial charge in [0.05, 0.1) is 17.1 Å². The number of carbonyl (C=O) groups is 1. The summed E-state index contributed by atoms with van der Waals surface area (Å²) in [6.07, 6.45) is 5.84. The Morgan fingerprint density at radius 3 is 2.75 bits per heavy atom. The highest BCUT2D eigenvalue weighted by Gasteiger charge is 2.33. The predicted octanol–water partition coefficient (Wildman–Crippen LogP) is 4.86. The lowest BCUT2D eigenvalue weighted by Gasteiger charge is -2.36. The van der Waals surface area contributed by atoms with Gasteiger partial charge in [0.1, 0.15) is 10.8 Å². The van der Waals surface area contributed by atoms with Crippen LogP contribution in [0.25, 0.3) is 22.0 Å². The van der Waals surface area contributed by atoms with E-state index in [1.165, 1.54) is 19.3 Å². The second kappa shape index (κ2) is 9.38. The summed E-state index contributed by atoms with van der Waals surface area (Å²) in [5.74, 6) is 0.834. The van der Waals surface area contributed by atoms with Gasteiger partial charge in [-0.15, -0.1) is 11.3 Å². The fourth-order valence-electron chi connectivity index (χ4n) is 4.41. The Labute approximate surface area is 192 Å². The first-order valence-corrected chi connectivity index (χ1v) is 12.3. The Hall–Kier alpha value is -2.77. The third-order valence-electron chi connectivity index (χ3n) is 6.20. The Kier molecular flexibility index (Phi) is 6.19. The summed E-state index contributed by atoms with van der Waals surface area (Å²) >= 11 is 1.58. The number of carbonyl (C=O) groups excluding carboxylic acids is 1. The SMILES string of the molecule is CCC1Oc2ccc(-c3csc(-c4ccccn4)n3)cc2N(CCN2CCCCC2)C1=O. The van der Waals surface area contributed by atoms with Gasteiger partial charge in [0.2, 0.25) is 0 Å². The van der Waals surface area contributed by atoms with Gasteiger partial charge in [-0.25, -0.2) is 4.98 Å².